The molecule has 0 atom stereocenters. The van der Waals surface area contributed by atoms with E-state index in [0.717, 1.165) is 28.4 Å². The van der Waals surface area contributed by atoms with E-state index >= 15 is 0 Å². The van der Waals surface area contributed by atoms with Crippen molar-refractivity contribution in [2.45, 2.75) is 20.4 Å². The number of nitrogens with two attached hydrogens (primary N) is 1. The molecule has 21 heavy (non-hydrogen) atoms. The Morgan fingerprint density at radius 2 is 1.76 bits per heavy atom. The van der Waals surface area contributed by atoms with Gasteiger partial charge in [0.15, 0.2) is 0 Å². The Labute approximate surface area is 125 Å². The molecule has 2 rings (SSSR count). The zero-order valence-electron chi connectivity index (χ0n) is 12.6. The average Bonchev–Trinajstić information content (AvgIpc) is 2.49. The van der Waals surface area contributed by atoms with Crippen molar-refractivity contribution in [3.63, 3.8) is 0 Å². The van der Waals surface area contributed by atoms with Crippen LogP contribution in [0, 0.1) is 0 Å². The van der Waals surface area contributed by atoms with Gasteiger partial charge in [0.2, 0.25) is 0 Å². The summed E-state index contributed by atoms with van der Waals surface area (Å²) in [6, 6.07) is 13.6. The molecular formula is C17H22N2O2. The SMILES string of the molecule is CCOc1ccc(OCC)c(NCc2ccccc2N)c1. The number of nitrogens with one attached hydrogen (secondary N) is 1. The summed E-state index contributed by atoms with van der Waals surface area (Å²) in [5.41, 5.74) is 8.71. The highest BCUT2D eigenvalue weighted by molar-refractivity contribution is 5.60. The van der Waals surface area contributed by atoms with Crippen LogP contribution < -0.4 is 20.5 Å². The fourth-order valence-electron chi connectivity index (χ4n) is 2.07. The summed E-state index contributed by atoms with van der Waals surface area (Å²) in [6.07, 6.45) is 0. The van der Waals surface area contributed by atoms with Gasteiger partial charge in [-0.1, -0.05) is 18.2 Å². The molecule has 112 valence electrons. The van der Waals surface area contributed by atoms with E-state index in [9.17, 15) is 0 Å². The molecule has 0 amide bonds. The predicted molar refractivity (Wildman–Crippen MR) is 87.0 cm³/mol. The molecule has 0 saturated heterocycles. The number of rotatable bonds is 7. The summed E-state index contributed by atoms with van der Waals surface area (Å²) in [5.74, 6) is 1.64. The molecular weight excluding hydrogens is 264 g/mol. The van der Waals surface area contributed by atoms with Gasteiger partial charge in [-0.15, -0.1) is 0 Å². The van der Waals surface area contributed by atoms with Crippen LogP contribution in [0.4, 0.5) is 11.4 Å². The summed E-state index contributed by atoms with van der Waals surface area (Å²) in [6.45, 7) is 5.83. The largest absolute Gasteiger partial charge is 0.494 e. The Morgan fingerprint density at radius 1 is 1.00 bits per heavy atom. The van der Waals surface area contributed by atoms with Crippen LogP contribution >= 0.6 is 0 Å². The smallest absolute Gasteiger partial charge is 0.142 e. The van der Waals surface area contributed by atoms with Crippen LogP contribution in [0.1, 0.15) is 19.4 Å². The first-order valence-corrected chi connectivity index (χ1v) is 7.21. The van der Waals surface area contributed by atoms with Crippen LogP contribution in [0.2, 0.25) is 0 Å². The maximum absolute atomic E-state index is 5.96. The molecule has 0 aliphatic rings. The number of anilines is 2. The van der Waals surface area contributed by atoms with Crippen LogP contribution in [-0.4, -0.2) is 13.2 Å². The Kier molecular flexibility index (Phi) is 5.32. The first-order chi connectivity index (χ1) is 10.2. The molecule has 2 aromatic carbocycles. The van der Waals surface area contributed by atoms with Crippen LogP contribution in [0.15, 0.2) is 42.5 Å². The van der Waals surface area contributed by atoms with Crippen LogP contribution in [0.25, 0.3) is 0 Å². The van der Waals surface area contributed by atoms with E-state index < -0.39 is 0 Å². The summed E-state index contributed by atoms with van der Waals surface area (Å²) < 4.78 is 11.2. The monoisotopic (exact) mass is 286 g/mol. The standard InChI is InChI=1S/C17H22N2O2/c1-3-20-14-9-10-17(21-4-2)16(11-14)19-12-13-7-5-6-8-15(13)18/h5-11,19H,3-4,12,18H2,1-2H3. The van der Waals surface area contributed by atoms with Gasteiger partial charge in [-0.2, -0.15) is 0 Å². The molecule has 3 N–H and O–H groups in total. The lowest BCUT2D eigenvalue weighted by Crippen LogP contribution is -2.05. The maximum Gasteiger partial charge on any atom is 0.142 e. The summed E-state index contributed by atoms with van der Waals surface area (Å²) in [4.78, 5) is 0. The summed E-state index contributed by atoms with van der Waals surface area (Å²) in [7, 11) is 0. The second kappa shape index (κ2) is 7.43. The van der Waals surface area contributed by atoms with E-state index in [-0.39, 0.29) is 0 Å². The highest BCUT2D eigenvalue weighted by Crippen LogP contribution is 2.30. The highest BCUT2D eigenvalue weighted by atomic mass is 16.5. The maximum atomic E-state index is 5.96. The van der Waals surface area contributed by atoms with Crippen molar-refractivity contribution in [2.75, 3.05) is 24.3 Å². The van der Waals surface area contributed by atoms with Crippen molar-refractivity contribution in [1.29, 1.82) is 0 Å². The van der Waals surface area contributed by atoms with E-state index in [0.29, 0.717) is 19.8 Å². The van der Waals surface area contributed by atoms with Crippen molar-refractivity contribution in [3.05, 3.63) is 48.0 Å². The molecule has 0 heterocycles. The van der Waals surface area contributed by atoms with Crippen molar-refractivity contribution in [1.82, 2.24) is 0 Å². The van der Waals surface area contributed by atoms with E-state index in [1.54, 1.807) is 0 Å². The summed E-state index contributed by atoms with van der Waals surface area (Å²) in [5, 5.41) is 3.37. The van der Waals surface area contributed by atoms with Gasteiger partial charge in [0, 0.05) is 18.3 Å². The minimum absolute atomic E-state index is 0.621. The van der Waals surface area contributed by atoms with E-state index in [4.69, 9.17) is 15.2 Å². The molecule has 0 unspecified atom stereocenters. The zero-order valence-corrected chi connectivity index (χ0v) is 12.6. The molecule has 0 radical (unpaired) electrons. The van der Waals surface area contributed by atoms with Gasteiger partial charge in [-0.3, -0.25) is 0 Å². The first kappa shape index (κ1) is 15.0. The van der Waals surface area contributed by atoms with Gasteiger partial charge < -0.3 is 20.5 Å². The zero-order chi connectivity index (χ0) is 15.1. The fraction of sp³-hybridized carbons (Fsp3) is 0.294. The quantitative estimate of drug-likeness (QED) is 0.762. The van der Waals surface area contributed by atoms with Crippen molar-refractivity contribution < 1.29 is 9.47 Å². The second-order valence-electron chi connectivity index (χ2n) is 4.58. The third kappa shape index (κ3) is 4.05. The van der Waals surface area contributed by atoms with Gasteiger partial charge in [0.1, 0.15) is 11.5 Å². The average molecular weight is 286 g/mol. The minimum atomic E-state index is 0.621. The number of nitrogen functional groups attached to an aromatic ring is 1. The Bertz CT molecular complexity index is 585. The third-order valence-electron chi connectivity index (χ3n) is 3.09. The molecule has 0 aliphatic heterocycles. The van der Waals surface area contributed by atoms with Crippen LogP contribution in [0.3, 0.4) is 0 Å². The van der Waals surface area contributed by atoms with Crippen LogP contribution in [0.5, 0.6) is 11.5 Å². The lowest BCUT2D eigenvalue weighted by atomic mass is 10.1. The molecule has 0 aromatic heterocycles. The minimum Gasteiger partial charge on any atom is -0.494 e. The predicted octanol–water partition coefficient (Wildman–Crippen LogP) is 3.68. The van der Waals surface area contributed by atoms with E-state index in [1.165, 1.54) is 0 Å². The number of hydrogen-bond acceptors (Lipinski definition) is 4. The number of para-hydroxylation sites is 1. The molecule has 2 aromatic rings. The molecule has 0 aliphatic carbocycles. The van der Waals surface area contributed by atoms with Gasteiger partial charge in [-0.05, 0) is 37.6 Å². The molecule has 0 spiro atoms. The number of benzene rings is 2. The van der Waals surface area contributed by atoms with Gasteiger partial charge >= 0.3 is 0 Å². The molecule has 0 fully saturated rings. The Balaban J connectivity index is 2.16. The second-order valence-corrected chi connectivity index (χ2v) is 4.58. The highest BCUT2D eigenvalue weighted by Gasteiger charge is 2.06. The number of ether oxygens (including phenoxy) is 2. The fourth-order valence-corrected chi connectivity index (χ4v) is 2.07. The molecule has 4 nitrogen and oxygen atoms in total. The van der Waals surface area contributed by atoms with Gasteiger partial charge in [0.05, 0.1) is 18.9 Å². The van der Waals surface area contributed by atoms with Gasteiger partial charge in [-0.25, -0.2) is 0 Å². The van der Waals surface area contributed by atoms with Crippen molar-refractivity contribution in [3.8, 4) is 11.5 Å². The Morgan fingerprint density at radius 3 is 2.48 bits per heavy atom. The van der Waals surface area contributed by atoms with Crippen molar-refractivity contribution >= 4 is 11.4 Å². The number of hydrogen-bond donors (Lipinski definition) is 2. The first-order valence-electron chi connectivity index (χ1n) is 7.21. The lowest BCUT2D eigenvalue weighted by molar-refractivity contribution is 0.332. The third-order valence-corrected chi connectivity index (χ3v) is 3.09. The van der Waals surface area contributed by atoms with Crippen LogP contribution in [-0.2, 0) is 6.54 Å². The summed E-state index contributed by atoms with van der Waals surface area (Å²) >= 11 is 0. The molecule has 4 heteroatoms. The lowest BCUT2D eigenvalue weighted by Gasteiger charge is -2.15. The van der Waals surface area contributed by atoms with Crippen molar-refractivity contribution in [2.24, 2.45) is 0 Å². The molecule has 0 bridgehead atoms. The van der Waals surface area contributed by atoms with Gasteiger partial charge in [0.25, 0.3) is 0 Å². The Hall–Kier alpha value is -2.36. The van der Waals surface area contributed by atoms with E-state index in [1.807, 2.05) is 56.3 Å². The topological polar surface area (TPSA) is 56.5 Å². The van der Waals surface area contributed by atoms with E-state index in [2.05, 4.69) is 5.32 Å². The normalized spacial score (nSPS) is 10.2. The molecule has 0 saturated carbocycles.